The minimum absolute atomic E-state index is 0.0951. The van der Waals surface area contributed by atoms with Gasteiger partial charge >= 0.3 is 0 Å². The van der Waals surface area contributed by atoms with E-state index in [2.05, 4.69) is 52.2 Å². The minimum atomic E-state index is 0.0951. The first-order chi connectivity index (χ1) is 11.7. The van der Waals surface area contributed by atoms with Gasteiger partial charge in [-0.25, -0.2) is 0 Å². The summed E-state index contributed by atoms with van der Waals surface area (Å²) in [4.78, 5) is 10.5. The van der Waals surface area contributed by atoms with E-state index in [4.69, 9.17) is 4.74 Å². The smallest absolute Gasteiger partial charge is 0.0794 e. The van der Waals surface area contributed by atoms with Gasteiger partial charge in [0.05, 0.1) is 23.8 Å². The molecule has 4 nitrogen and oxygen atoms in total. The first-order valence-electron chi connectivity index (χ1n) is 8.76. The van der Waals surface area contributed by atoms with Crippen LogP contribution in [0, 0.1) is 0 Å². The summed E-state index contributed by atoms with van der Waals surface area (Å²) in [6, 6.07) is 11.1. The fourth-order valence-electron chi connectivity index (χ4n) is 3.95. The third-order valence-electron chi connectivity index (χ3n) is 5.53. The average molecular weight is 343 g/mol. The molecule has 2 saturated heterocycles. The highest BCUT2D eigenvalue weighted by molar-refractivity contribution is 7.09. The molecular weight excluding hydrogens is 318 g/mol. The Kier molecular flexibility index (Phi) is 4.57. The molecule has 0 radical (unpaired) electrons. The first-order valence-corrected chi connectivity index (χ1v) is 9.64. The number of hydrogen-bond donors (Lipinski definition) is 0. The van der Waals surface area contributed by atoms with Crippen molar-refractivity contribution in [2.75, 3.05) is 31.6 Å². The molecule has 4 rings (SSSR count). The molecule has 2 aromatic rings. The number of para-hydroxylation sites is 1. The van der Waals surface area contributed by atoms with Crippen molar-refractivity contribution in [1.82, 2.24) is 9.88 Å². The van der Waals surface area contributed by atoms with Gasteiger partial charge in [-0.3, -0.25) is 9.88 Å². The van der Waals surface area contributed by atoms with E-state index >= 15 is 0 Å². The van der Waals surface area contributed by atoms with Crippen LogP contribution in [0.4, 0.5) is 5.69 Å². The van der Waals surface area contributed by atoms with Crippen LogP contribution in [0.3, 0.4) is 0 Å². The van der Waals surface area contributed by atoms with Gasteiger partial charge in [0.1, 0.15) is 0 Å². The predicted molar refractivity (Wildman–Crippen MR) is 98.6 cm³/mol. The average Bonchev–Trinajstić information content (AvgIpc) is 3.28. The van der Waals surface area contributed by atoms with E-state index < -0.39 is 0 Å². The highest BCUT2D eigenvalue weighted by Gasteiger charge is 2.43. The van der Waals surface area contributed by atoms with E-state index in [1.807, 2.05) is 11.7 Å². The fourth-order valence-corrected chi connectivity index (χ4v) is 4.59. The topological polar surface area (TPSA) is 28.6 Å². The van der Waals surface area contributed by atoms with Crippen molar-refractivity contribution in [3.05, 3.63) is 46.9 Å². The van der Waals surface area contributed by atoms with Crippen molar-refractivity contribution < 1.29 is 4.74 Å². The van der Waals surface area contributed by atoms with E-state index in [-0.39, 0.29) is 5.60 Å². The molecule has 1 atom stereocenters. The summed E-state index contributed by atoms with van der Waals surface area (Å²) in [5.74, 6) is 0. The molecule has 0 amide bonds. The van der Waals surface area contributed by atoms with Crippen molar-refractivity contribution in [2.24, 2.45) is 0 Å². The number of anilines is 1. The molecule has 2 fully saturated rings. The number of piperidine rings is 1. The van der Waals surface area contributed by atoms with Crippen molar-refractivity contribution >= 4 is 17.0 Å². The van der Waals surface area contributed by atoms with Gasteiger partial charge in [0.15, 0.2) is 0 Å². The standard InChI is InChI=1S/C19H25N3OS/c1-21(16-5-3-2-4-6-16)17-11-19(23-14-17)7-9-22(10-8-19)13-18-12-20-15-24-18/h2-6,12,15,17H,7-11,13-14H2,1H3. The van der Waals surface area contributed by atoms with Gasteiger partial charge in [0.2, 0.25) is 0 Å². The molecule has 1 aromatic heterocycles. The predicted octanol–water partition coefficient (Wildman–Crippen LogP) is 3.40. The van der Waals surface area contributed by atoms with Crippen molar-refractivity contribution in [2.45, 2.75) is 37.5 Å². The zero-order valence-corrected chi connectivity index (χ0v) is 15.0. The van der Waals surface area contributed by atoms with E-state index in [0.717, 1.165) is 45.5 Å². The summed E-state index contributed by atoms with van der Waals surface area (Å²) in [5, 5.41) is 0. The van der Waals surface area contributed by atoms with Gasteiger partial charge in [-0.1, -0.05) is 18.2 Å². The SMILES string of the molecule is CN(c1ccccc1)C1COC2(CCN(Cc3cncs3)CC2)C1. The number of likely N-dealkylation sites (N-methyl/N-ethyl adjacent to an activating group) is 1. The molecule has 3 heterocycles. The largest absolute Gasteiger partial charge is 0.373 e. The number of likely N-dealkylation sites (tertiary alicyclic amines) is 1. The van der Waals surface area contributed by atoms with Crippen LogP contribution in [-0.2, 0) is 11.3 Å². The molecule has 1 aromatic carbocycles. The van der Waals surface area contributed by atoms with Crippen LogP contribution in [-0.4, -0.2) is 48.3 Å². The number of ether oxygens (including phenoxy) is 1. The van der Waals surface area contributed by atoms with E-state index in [0.29, 0.717) is 6.04 Å². The highest BCUT2D eigenvalue weighted by atomic mass is 32.1. The van der Waals surface area contributed by atoms with E-state index in [1.54, 1.807) is 11.3 Å². The lowest BCUT2D eigenvalue weighted by Gasteiger charge is -2.38. The number of aromatic nitrogens is 1. The maximum absolute atomic E-state index is 6.34. The van der Waals surface area contributed by atoms with Crippen LogP contribution in [0.25, 0.3) is 0 Å². The maximum Gasteiger partial charge on any atom is 0.0794 e. The Hall–Kier alpha value is -1.43. The quantitative estimate of drug-likeness (QED) is 0.851. The lowest BCUT2D eigenvalue weighted by Crippen LogP contribution is -2.44. The Morgan fingerprint density at radius 2 is 2.08 bits per heavy atom. The number of benzene rings is 1. The van der Waals surface area contributed by atoms with Gasteiger partial charge < -0.3 is 9.64 Å². The number of thiazole rings is 1. The molecular formula is C19H25N3OS. The van der Waals surface area contributed by atoms with Crippen LogP contribution in [0.5, 0.6) is 0 Å². The van der Waals surface area contributed by atoms with Crippen molar-refractivity contribution in [1.29, 1.82) is 0 Å². The molecule has 0 bridgehead atoms. The lowest BCUT2D eigenvalue weighted by molar-refractivity contribution is -0.0447. The molecule has 0 N–H and O–H groups in total. The molecule has 1 unspecified atom stereocenters. The summed E-state index contributed by atoms with van der Waals surface area (Å²) < 4.78 is 6.34. The Morgan fingerprint density at radius 3 is 2.79 bits per heavy atom. The number of rotatable bonds is 4. The Morgan fingerprint density at radius 1 is 1.29 bits per heavy atom. The normalized spacial score (nSPS) is 23.6. The van der Waals surface area contributed by atoms with Crippen molar-refractivity contribution in [3.8, 4) is 0 Å². The van der Waals surface area contributed by atoms with Crippen LogP contribution in [0.2, 0.25) is 0 Å². The monoisotopic (exact) mass is 343 g/mol. The third-order valence-corrected chi connectivity index (χ3v) is 6.30. The Labute approximate surface area is 148 Å². The first kappa shape index (κ1) is 16.1. The van der Waals surface area contributed by atoms with E-state index in [9.17, 15) is 0 Å². The Bertz CT molecular complexity index is 638. The highest BCUT2D eigenvalue weighted by Crippen LogP contribution is 2.38. The second-order valence-corrected chi connectivity index (χ2v) is 8.01. The fraction of sp³-hybridized carbons (Fsp3) is 0.526. The molecule has 24 heavy (non-hydrogen) atoms. The lowest BCUT2D eigenvalue weighted by atomic mass is 9.87. The minimum Gasteiger partial charge on any atom is -0.373 e. The molecule has 128 valence electrons. The van der Waals surface area contributed by atoms with Gasteiger partial charge in [0, 0.05) is 43.4 Å². The van der Waals surface area contributed by atoms with Crippen LogP contribution < -0.4 is 4.90 Å². The van der Waals surface area contributed by atoms with Crippen LogP contribution in [0.15, 0.2) is 42.0 Å². The maximum atomic E-state index is 6.34. The van der Waals surface area contributed by atoms with Crippen LogP contribution >= 0.6 is 11.3 Å². The zero-order chi connectivity index (χ0) is 16.4. The van der Waals surface area contributed by atoms with Crippen molar-refractivity contribution in [3.63, 3.8) is 0 Å². The number of hydrogen-bond acceptors (Lipinski definition) is 5. The Balaban J connectivity index is 1.33. The molecule has 2 aliphatic heterocycles. The van der Waals surface area contributed by atoms with Gasteiger partial charge in [-0.15, -0.1) is 11.3 Å². The molecule has 1 spiro atoms. The summed E-state index contributed by atoms with van der Waals surface area (Å²) in [7, 11) is 2.20. The number of nitrogens with zero attached hydrogens (tertiary/aromatic N) is 3. The molecule has 2 aliphatic rings. The molecule has 0 aliphatic carbocycles. The summed E-state index contributed by atoms with van der Waals surface area (Å²) in [5.41, 5.74) is 3.30. The van der Waals surface area contributed by atoms with E-state index in [1.165, 1.54) is 10.6 Å². The summed E-state index contributed by atoms with van der Waals surface area (Å²) >= 11 is 1.75. The zero-order valence-electron chi connectivity index (χ0n) is 14.2. The van der Waals surface area contributed by atoms with Gasteiger partial charge in [-0.05, 0) is 31.4 Å². The summed E-state index contributed by atoms with van der Waals surface area (Å²) in [6.07, 6.45) is 5.43. The third kappa shape index (κ3) is 3.34. The van der Waals surface area contributed by atoms with Crippen LogP contribution in [0.1, 0.15) is 24.1 Å². The van der Waals surface area contributed by atoms with Gasteiger partial charge in [-0.2, -0.15) is 0 Å². The second-order valence-electron chi connectivity index (χ2n) is 7.04. The molecule has 5 heteroatoms. The summed E-state index contributed by atoms with van der Waals surface area (Å²) in [6.45, 7) is 4.13. The second kappa shape index (κ2) is 6.82. The molecule has 0 saturated carbocycles. The van der Waals surface area contributed by atoms with Gasteiger partial charge in [0.25, 0.3) is 0 Å².